The minimum Gasteiger partial charge on any atom is -0.396 e. The van der Waals surface area contributed by atoms with E-state index >= 15 is 0 Å². The highest BCUT2D eigenvalue weighted by molar-refractivity contribution is 5.79. The lowest BCUT2D eigenvalue weighted by Gasteiger charge is -2.29. The monoisotopic (exact) mass is 185 g/mol. The second-order valence-corrected chi connectivity index (χ2v) is 4.17. The highest BCUT2D eigenvalue weighted by atomic mass is 16.3. The molecular weight excluding hydrogens is 166 g/mol. The SMILES string of the molecule is CC(C)C(CO)C(=O)NC1CCC1. The molecule has 0 bridgehead atoms. The van der Waals surface area contributed by atoms with Crippen molar-refractivity contribution in [1.29, 1.82) is 0 Å². The van der Waals surface area contributed by atoms with Gasteiger partial charge in [-0.25, -0.2) is 0 Å². The number of nitrogens with one attached hydrogen (secondary N) is 1. The molecule has 1 amide bonds. The molecule has 1 rings (SSSR count). The molecule has 0 aliphatic heterocycles. The van der Waals surface area contributed by atoms with Gasteiger partial charge in [0.25, 0.3) is 0 Å². The Balaban J connectivity index is 2.34. The van der Waals surface area contributed by atoms with Gasteiger partial charge in [-0.2, -0.15) is 0 Å². The van der Waals surface area contributed by atoms with E-state index in [0.29, 0.717) is 6.04 Å². The van der Waals surface area contributed by atoms with Gasteiger partial charge in [0.2, 0.25) is 5.91 Å². The van der Waals surface area contributed by atoms with Crippen molar-refractivity contribution >= 4 is 5.91 Å². The standard InChI is InChI=1S/C10H19NO2/c1-7(2)9(6-12)10(13)11-8-4-3-5-8/h7-9,12H,3-6H2,1-2H3,(H,11,13). The van der Waals surface area contributed by atoms with Crippen LogP contribution in [0.25, 0.3) is 0 Å². The molecule has 0 aromatic rings. The molecule has 3 heteroatoms. The number of amides is 1. The average Bonchev–Trinajstić information content (AvgIpc) is 1.97. The summed E-state index contributed by atoms with van der Waals surface area (Å²) in [7, 11) is 0. The van der Waals surface area contributed by atoms with Crippen molar-refractivity contribution in [2.75, 3.05) is 6.61 Å². The number of aliphatic hydroxyl groups is 1. The molecule has 1 saturated carbocycles. The molecular formula is C10H19NO2. The summed E-state index contributed by atoms with van der Waals surface area (Å²) in [5, 5.41) is 12.0. The molecule has 2 N–H and O–H groups in total. The molecule has 1 aliphatic carbocycles. The molecule has 1 unspecified atom stereocenters. The Morgan fingerprint density at radius 1 is 1.54 bits per heavy atom. The van der Waals surface area contributed by atoms with Crippen LogP contribution in [0.5, 0.6) is 0 Å². The highest BCUT2D eigenvalue weighted by Gasteiger charge is 2.25. The van der Waals surface area contributed by atoms with Crippen LogP contribution in [0, 0.1) is 11.8 Å². The Labute approximate surface area is 79.5 Å². The van der Waals surface area contributed by atoms with Gasteiger partial charge >= 0.3 is 0 Å². The van der Waals surface area contributed by atoms with E-state index in [1.54, 1.807) is 0 Å². The zero-order valence-electron chi connectivity index (χ0n) is 8.42. The van der Waals surface area contributed by atoms with Crippen molar-refractivity contribution in [1.82, 2.24) is 5.32 Å². The van der Waals surface area contributed by atoms with Gasteiger partial charge in [0.1, 0.15) is 0 Å². The van der Waals surface area contributed by atoms with Gasteiger partial charge in [0, 0.05) is 6.04 Å². The fourth-order valence-corrected chi connectivity index (χ4v) is 1.46. The number of hydrogen-bond acceptors (Lipinski definition) is 2. The molecule has 0 aromatic carbocycles. The van der Waals surface area contributed by atoms with Gasteiger partial charge < -0.3 is 10.4 Å². The fraction of sp³-hybridized carbons (Fsp3) is 0.900. The van der Waals surface area contributed by atoms with E-state index in [1.165, 1.54) is 6.42 Å². The molecule has 0 radical (unpaired) electrons. The van der Waals surface area contributed by atoms with Gasteiger partial charge in [-0.3, -0.25) is 4.79 Å². The first kappa shape index (κ1) is 10.5. The summed E-state index contributed by atoms with van der Waals surface area (Å²) in [5.41, 5.74) is 0. The number of rotatable bonds is 4. The van der Waals surface area contributed by atoms with E-state index in [1.807, 2.05) is 13.8 Å². The Kier molecular flexibility index (Phi) is 3.72. The Morgan fingerprint density at radius 2 is 2.15 bits per heavy atom. The lowest BCUT2D eigenvalue weighted by molar-refractivity contribution is -0.128. The number of hydrogen-bond donors (Lipinski definition) is 2. The van der Waals surface area contributed by atoms with Crippen molar-refractivity contribution < 1.29 is 9.90 Å². The average molecular weight is 185 g/mol. The zero-order valence-corrected chi connectivity index (χ0v) is 8.42. The lowest BCUT2D eigenvalue weighted by Crippen LogP contribution is -2.44. The molecule has 1 aliphatic rings. The summed E-state index contributed by atoms with van der Waals surface area (Å²) in [5.74, 6) is -0.00660. The lowest BCUT2D eigenvalue weighted by atomic mass is 9.90. The van der Waals surface area contributed by atoms with E-state index < -0.39 is 0 Å². The maximum absolute atomic E-state index is 11.5. The van der Waals surface area contributed by atoms with Crippen LogP contribution in [0.2, 0.25) is 0 Å². The summed E-state index contributed by atoms with van der Waals surface area (Å²) < 4.78 is 0. The summed E-state index contributed by atoms with van der Waals surface area (Å²) in [6.45, 7) is 3.87. The normalized spacial score (nSPS) is 19.7. The Hall–Kier alpha value is -0.570. The summed E-state index contributed by atoms with van der Waals surface area (Å²) in [4.78, 5) is 11.5. The van der Waals surface area contributed by atoms with Crippen LogP contribution in [-0.2, 0) is 4.79 Å². The molecule has 0 saturated heterocycles. The van der Waals surface area contributed by atoms with Crippen LogP contribution < -0.4 is 5.32 Å². The van der Waals surface area contributed by atoms with Crippen molar-refractivity contribution in [2.24, 2.45) is 11.8 Å². The third kappa shape index (κ3) is 2.69. The molecule has 76 valence electrons. The predicted molar refractivity (Wildman–Crippen MR) is 51.2 cm³/mol. The van der Waals surface area contributed by atoms with E-state index in [9.17, 15) is 4.79 Å². The van der Waals surface area contributed by atoms with E-state index in [-0.39, 0.29) is 24.3 Å². The number of aliphatic hydroxyl groups excluding tert-OH is 1. The third-order valence-electron chi connectivity index (χ3n) is 2.79. The molecule has 13 heavy (non-hydrogen) atoms. The fourth-order valence-electron chi connectivity index (χ4n) is 1.46. The van der Waals surface area contributed by atoms with Crippen LogP contribution in [0.15, 0.2) is 0 Å². The highest BCUT2D eigenvalue weighted by Crippen LogP contribution is 2.19. The van der Waals surface area contributed by atoms with E-state index in [0.717, 1.165) is 12.8 Å². The molecule has 0 spiro atoms. The maximum atomic E-state index is 11.5. The first-order valence-corrected chi connectivity index (χ1v) is 5.06. The van der Waals surface area contributed by atoms with Gasteiger partial charge in [-0.15, -0.1) is 0 Å². The van der Waals surface area contributed by atoms with Gasteiger partial charge in [-0.05, 0) is 25.2 Å². The van der Waals surface area contributed by atoms with E-state index in [4.69, 9.17) is 5.11 Å². The largest absolute Gasteiger partial charge is 0.396 e. The van der Waals surface area contributed by atoms with Crippen LogP contribution >= 0.6 is 0 Å². The van der Waals surface area contributed by atoms with Crippen LogP contribution in [0.4, 0.5) is 0 Å². The quantitative estimate of drug-likeness (QED) is 0.684. The Morgan fingerprint density at radius 3 is 2.46 bits per heavy atom. The Bertz CT molecular complexity index is 176. The minimum absolute atomic E-state index is 0.0159. The van der Waals surface area contributed by atoms with E-state index in [2.05, 4.69) is 5.32 Å². The molecule has 3 nitrogen and oxygen atoms in total. The van der Waals surface area contributed by atoms with Crippen LogP contribution in [0.1, 0.15) is 33.1 Å². The summed E-state index contributed by atoms with van der Waals surface area (Å²) in [6, 6.07) is 0.375. The smallest absolute Gasteiger partial charge is 0.225 e. The predicted octanol–water partition coefficient (Wildman–Crippen LogP) is 0.920. The van der Waals surface area contributed by atoms with Crippen LogP contribution in [-0.4, -0.2) is 23.7 Å². The minimum atomic E-state index is -0.236. The number of carbonyl (C=O) groups excluding carboxylic acids is 1. The maximum Gasteiger partial charge on any atom is 0.225 e. The van der Waals surface area contributed by atoms with Crippen molar-refractivity contribution in [3.8, 4) is 0 Å². The molecule has 0 heterocycles. The first-order chi connectivity index (χ1) is 6.15. The van der Waals surface area contributed by atoms with Gasteiger partial charge in [-0.1, -0.05) is 13.8 Å². The first-order valence-electron chi connectivity index (χ1n) is 5.06. The van der Waals surface area contributed by atoms with Gasteiger partial charge in [0.05, 0.1) is 12.5 Å². The summed E-state index contributed by atoms with van der Waals surface area (Å²) >= 11 is 0. The second-order valence-electron chi connectivity index (χ2n) is 4.17. The van der Waals surface area contributed by atoms with Crippen molar-refractivity contribution in [3.05, 3.63) is 0 Å². The topological polar surface area (TPSA) is 49.3 Å². The third-order valence-corrected chi connectivity index (χ3v) is 2.79. The second kappa shape index (κ2) is 4.61. The van der Waals surface area contributed by atoms with Gasteiger partial charge in [0.15, 0.2) is 0 Å². The molecule has 1 fully saturated rings. The molecule has 0 aromatic heterocycles. The van der Waals surface area contributed by atoms with Crippen molar-refractivity contribution in [3.63, 3.8) is 0 Å². The zero-order chi connectivity index (χ0) is 9.84. The van der Waals surface area contributed by atoms with Crippen molar-refractivity contribution in [2.45, 2.75) is 39.2 Å². The molecule has 1 atom stereocenters. The summed E-state index contributed by atoms with van der Waals surface area (Å²) in [6.07, 6.45) is 3.42. The van der Waals surface area contributed by atoms with Crippen LogP contribution in [0.3, 0.4) is 0 Å². The number of carbonyl (C=O) groups is 1.